The van der Waals surface area contributed by atoms with Gasteiger partial charge in [0, 0.05) is 13.8 Å². The number of unbranched alkanes of at least 4 members (excludes halogenated alkanes) is 5. The SMILES string of the molecule is CCCCCCCCc1ccc(CCC(N)(COC(C)=O)COC(C)=O)cc1. The molecule has 0 unspecified atom stereocenters. The molecule has 0 heterocycles. The third-order valence-corrected chi connectivity index (χ3v) is 4.88. The summed E-state index contributed by atoms with van der Waals surface area (Å²) in [6, 6.07) is 8.62. The molecule has 0 bridgehead atoms. The van der Waals surface area contributed by atoms with E-state index in [1.165, 1.54) is 63.5 Å². The largest absolute Gasteiger partial charge is 0.464 e. The Morgan fingerprint density at radius 1 is 0.821 bits per heavy atom. The van der Waals surface area contributed by atoms with E-state index in [9.17, 15) is 9.59 Å². The number of ether oxygens (including phenoxy) is 2. The maximum Gasteiger partial charge on any atom is 0.302 e. The number of esters is 2. The number of hydrogen-bond acceptors (Lipinski definition) is 5. The van der Waals surface area contributed by atoms with Gasteiger partial charge in [-0.3, -0.25) is 9.59 Å². The molecular weight excluding hydrogens is 354 g/mol. The van der Waals surface area contributed by atoms with Gasteiger partial charge in [-0.15, -0.1) is 0 Å². The summed E-state index contributed by atoms with van der Waals surface area (Å²) < 4.78 is 10.1. The Balaban J connectivity index is 2.46. The van der Waals surface area contributed by atoms with Gasteiger partial charge >= 0.3 is 11.9 Å². The first kappa shape index (κ1) is 24.2. The van der Waals surface area contributed by atoms with Gasteiger partial charge in [-0.1, -0.05) is 63.3 Å². The van der Waals surface area contributed by atoms with Crippen LogP contribution in [0.3, 0.4) is 0 Å². The fraction of sp³-hybridized carbons (Fsp3) is 0.652. The van der Waals surface area contributed by atoms with Crippen molar-refractivity contribution in [3.8, 4) is 0 Å². The van der Waals surface area contributed by atoms with Crippen LogP contribution in [0, 0.1) is 0 Å². The Kier molecular flexibility index (Phi) is 11.5. The molecule has 1 aromatic rings. The normalized spacial score (nSPS) is 11.3. The first-order chi connectivity index (χ1) is 13.3. The molecule has 0 aliphatic carbocycles. The van der Waals surface area contributed by atoms with E-state index >= 15 is 0 Å². The van der Waals surface area contributed by atoms with E-state index in [-0.39, 0.29) is 13.2 Å². The lowest BCUT2D eigenvalue weighted by atomic mass is 9.93. The number of benzene rings is 1. The molecule has 0 aromatic heterocycles. The summed E-state index contributed by atoms with van der Waals surface area (Å²) in [6.45, 7) is 4.99. The average molecular weight is 392 g/mol. The van der Waals surface area contributed by atoms with E-state index < -0.39 is 17.5 Å². The quantitative estimate of drug-likeness (QED) is 0.377. The van der Waals surface area contributed by atoms with Gasteiger partial charge in [0.2, 0.25) is 0 Å². The van der Waals surface area contributed by atoms with E-state index in [1.54, 1.807) is 0 Å². The van der Waals surface area contributed by atoms with Crippen LogP contribution in [0.15, 0.2) is 24.3 Å². The highest BCUT2D eigenvalue weighted by atomic mass is 16.5. The standard InChI is InChI=1S/C23H37NO4/c1-4-5-6-7-8-9-10-21-11-13-22(14-12-21)15-16-23(24,17-27-19(2)25)18-28-20(3)26/h11-14H,4-10,15-18,24H2,1-3H3. The lowest BCUT2D eigenvalue weighted by Crippen LogP contribution is -2.50. The number of aryl methyl sites for hydroxylation is 2. The van der Waals surface area contributed by atoms with Crippen LogP contribution in [0.2, 0.25) is 0 Å². The highest BCUT2D eigenvalue weighted by molar-refractivity contribution is 5.66. The predicted molar refractivity (Wildman–Crippen MR) is 112 cm³/mol. The van der Waals surface area contributed by atoms with Crippen LogP contribution < -0.4 is 5.73 Å². The van der Waals surface area contributed by atoms with Gasteiger partial charge in [-0.05, 0) is 36.8 Å². The van der Waals surface area contributed by atoms with Gasteiger partial charge in [0.05, 0.1) is 5.54 Å². The number of rotatable bonds is 14. The van der Waals surface area contributed by atoms with Crippen LogP contribution in [-0.4, -0.2) is 30.7 Å². The molecular formula is C23H37NO4. The van der Waals surface area contributed by atoms with Crippen molar-refractivity contribution in [1.82, 2.24) is 0 Å². The van der Waals surface area contributed by atoms with Gasteiger partial charge < -0.3 is 15.2 Å². The smallest absolute Gasteiger partial charge is 0.302 e. The molecule has 0 fully saturated rings. The Morgan fingerprint density at radius 3 is 1.79 bits per heavy atom. The first-order valence-corrected chi connectivity index (χ1v) is 10.5. The Labute approximate surface area is 170 Å². The van der Waals surface area contributed by atoms with Crippen molar-refractivity contribution in [2.45, 2.75) is 84.1 Å². The van der Waals surface area contributed by atoms with Crippen LogP contribution in [-0.2, 0) is 31.9 Å². The van der Waals surface area contributed by atoms with E-state index in [2.05, 4.69) is 31.2 Å². The molecule has 0 aliphatic heterocycles. The van der Waals surface area contributed by atoms with Gasteiger partial charge in [0.1, 0.15) is 13.2 Å². The minimum atomic E-state index is -0.880. The van der Waals surface area contributed by atoms with Crippen LogP contribution in [0.1, 0.15) is 76.8 Å². The second kappa shape index (κ2) is 13.3. The number of carbonyl (C=O) groups is 2. The molecule has 1 aromatic carbocycles. The monoisotopic (exact) mass is 391 g/mol. The Morgan fingerprint density at radius 2 is 1.29 bits per heavy atom. The molecule has 0 spiro atoms. The van der Waals surface area contributed by atoms with Crippen molar-refractivity contribution >= 4 is 11.9 Å². The average Bonchev–Trinajstić information content (AvgIpc) is 2.67. The second-order valence-electron chi connectivity index (χ2n) is 7.76. The van der Waals surface area contributed by atoms with E-state index in [0.717, 1.165) is 12.8 Å². The van der Waals surface area contributed by atoms with E-state index in [1.807, 2.05) is 0 Å². The molecule has 0 amide bonds. The summed E-state index contributed by atoms with van der Waals surface area (Å²) in [6.07, 6.45) is 10.2. The third-order valence-electron chi connectivity index (χ3n) is 4.88. The fourth-order valence-electron chi connectivity index (χ4n) is 3.05. The van der Waals surface area contributed by atoms with Gasteiger partial charge in [0.25, 0.3) is 0 Å². The van der Waals surface area contributed by atoms with Gasteiger partial charge in [-0.25, -0.2) is 0 Å². The van der Waals surface area contributed by atoms with Crippen molar-refractivity contribution in [2.75, 3.05) is 13.2 Å². The van der Waals surface area contributed by atoms with E-state index in [0.29, 0.717) is 6.42 Å². The van der Waals surface area contributed by atoms with Crippen molar-refractivity contribution in [1.29, 1.82) is 0 Å². The summed E-state index contributed by atoms with van der Waals surface area (Å²) in [5.74, 6) is -0.784. The molecule has 5 nitrogen and oxygen atoms in total. The number of nitrogens with two attached hydrogens (primary N) is 1. The van der Waals surface area contributed by atoms with Gasteiger partial charge in [0.15, 0.2) is 0 Å². The highest BCUT2D eigenvalue weighted by Gasteiger charge is 2.28. The Bertz CT molecular complexity index is 565. The third kappa shape index (κ3) is 11.1. The highest BCUT2D eigenvalue weighted by Crippen LogP contribution is 2.16. The molecule has 0 radical (unpaired) electrons. The summed E-state index contributed by atoms with van der Waals surface area (Å²) >= 11 is 0. The molecule has 2 N–H and O–H groups in total. The zero-order chi connectivity index (χ0) is 20.8. The molecule has 0 aliphatic rings. The molecule has 0 saturated carbocycles. The maximum absolute atomic E-state index is 11.1. The molecule has 1 rings (SSSR count). The summed E-state index contributed by atoms with van der Waals surface area (Å²) in [4.78, 5) is 22.2. The zero-order valence-electron chi connectivity index (χ0n) is 17.8. The van der Waals surface area contributed by atoms with Crippen LogP contribution >= 0.6 is 0 Å². The van der Waals surface area contributed by atoms with Crippen molar-refractivity contribution < 1.29 is 19.1 Å². The summed E-state index contributed by atoms with van der Waals surface area (Å²) in [7, 11) is 0. The molecule has 0 atom stereocenters. The van der Waals surface area contributed by atoms with Crippen LogP contribution in [0.5, 0.6) is 0 Å². The van der Waals surface area contributed by atoms with E-state index in [4.69, 9.17) is 15.2 Å². The minimum absolute atomic E-state index is 0.0335. The number of hydrogen-bond donors (Lipinski definition) is 1. The summed E-state index contributed by atoms with van der Waals surface area (Å²) in [5, 5.41) is 0. The first-order valence-electron chi connectivity index (χ1n) is 10.5. The predicted octanol–water partition coefficient (Wildman–Crippen LogP) is 4.35. The molecule has 158 valence electrons. The minimum Gasteiger partial charge on any atom is -0.464 e. The van der Waals surface area contributed by atoms with Gasteiger partial charge in [-0.2, -0.15) is 0 Å². The molecule has 5 heteroatoms. The molecule has 28 heavy (non-hydrogen) atoms. The topological polar surface area (TPSA) is 78.6 Å². The van der Waals surface area contributed by atoms with Crippen LogP contribution in [0.25, 0.3) is 0 Å². The Hall–Kier alpha value is -1.88. The lowest BCUT2D eigenvalue weighted by molar-refractivity contribution is -0.147. The molecule has 0 saturated heterocycles. The van der Waals surface area contributed by atoms with Crippen molar-refractivity contribution in [3.63, 3.8) is 0 Å². The van der Waals surface area contributed by atoms with Crippen LogP contribution in [0.4, 0.5) is 0 Å². The van der Waals surface area contributed by atoms with Crippen molar-refractivity contribution in [2.24, 2.45) is 5.73 Å². The second-order valence-corrected chi connectivity index (χ2v) is 7.76. The number of carbonyl (C=O) groups excluding carboxylic acids is 2. The summed E-state index contributed by atoms with van der Waals surface area (Å²) in [5.41, 5.74) is 7.99. The zero-order valence-corrected chi connectivity index (χ0v) is 17.8. The fourth-order valence-corrected chi connectivity index (χ4v) is 3.05. The van der Waals surface area contributed by atoms with Crippen molar-refractivity contribution in [3.05, 3.63) is 35.4 Å². The maximum atomic E-state index is 11.1. The lowest BCUT2D eigenvalue weighted by Gasteiger charge is -2.28.